The SMILES string of the molecule is CC(C)(C)OC(=O)N1CCC(C(C)(CC(=O)O)NC(=O)OCc2ccccc2)C1. The van der Waals surface area contributed by atoms with E-state index in [1.807, 2.05) is 30.3 Å². The molecule has 0 aromatic heterocycles. The summed E-state index contributed by atoms with van der Waals surface area (Å²) in [5.41, 5.74) is -0.838. The second kappa shape index (κ2) is 9.15. The average molecular weight is 406 g/mol. The van der Waals surface area contributed by atoms with E-state index < -0.39 is 29.3 Å². The number of carbonyl (C=O) groups excluding carboxylic acids is 2. The van der Waals surface area contributed by atoms with Crippen LogP contribution in [-0.2, 0) is 20.9 Å². The van der Waals surface area contributed by atoms with Crippen LogP contribution in [0.1, 0.15) is 46.1 Å². The molecule has 1 aromatic rings. The van der Waals surface area contributed by atoms with E-state index in [4.69, 9.17) is 9.47 Å². The fraction of sp³-hybridized carbons (Fsp3) is 0.571. The summed E-state index contributed by atoms with van der Waals surface area (Å²) in [6.45, 7) is 7.87. The van der Waals surface area contributed by atoms with Crippen LogP contribution in [0.15, 0.2) is 30.3 Å². The highest BCUT2D eigenvalue weighted by molar-refractivity contribution is 5.73. The van der Waals surface area contributed by atoms with Crippen LogP contribution in [0.25, 0.3) is 0 Å². The van der Waals surface area contributed by atoms with Gasteiger partial charge in [-0.1, -0.05) is 30.3 Å². The fourth-order valence-electron chi connectivity index (χ4n) is 3.37. The zero-order chi connectivity index (χ0) is 21.7. The van der Waals surface area contributed by atoms with Gasteiger partial charge in [-0.15, -0.1) is 0 Å². The molecule has 29 heavy (non-hydrogen) atoms. The van der Waals surface area contributed by atoms with Crippen molar-refractivity contribution in [3.63, 3.8) is 0 Å². The lowest BCUT2D eigenvalue weighted by atomic mass is 9.82. The second-order valence-electron chi connectivity index (χ2n) is 8.59. The highest BCUT2D eigenvalue weighted by atomic mass is 16.6. The zero-order valence-corrected chi connectivity index (χ0v) is 17.4. The van der Waals surface area contributed by atoms with Gasteiger partial charge < -0.3 is 24.8 Å². The van der Waals surface area contributed by atoms with Gasteiger partial charge in [-0.2, -0.15) is 0 Å². The Kier molecular flexibility index (Phi) is 7.11. The van der Waals surface area contributed by atoms with E-state index in [0.717, 1.165) is 5.56 Å². The maximum Gasteiger partial charge on any atom is 0.410 e. The number of ether oxygens (including phenoxy) is 2. The van der Waals surface area contributed by atoms with Gasteiger partial charge in [0.25, 0.3) is 0 Å². The van der Waals surface area contributed by atoms with E-state index in [9.17, 15) is 19.5 Å². The van der Waals surface area contributed by atoms with Crippen LogP contribution in [0.5, 0.6) is 0 Å². The smallest absolute Gasteiger partial charge is 0.410 e. The van der Waals surface area contributed by atoms with Crippen LogP contribution in [0.4, 0.5) is 9.59 Å². The molecule has 1 aliphatic heterocycles. The standard InChI is InChI=1S/C21H30N2O6/c1-20(2,3)29-19(27)23-11-10-16(13-23)21(4,12-17(24)25)22-18(26)28-14-15-8-6-5-7-9-15/h5-9,16H,10-14H2,1-4H3,(H,22,26)(H,24,25). The molecule has 0 radical (unpaired) electrons. The number of carboxylic acids is 1. The molecule has 0 spiro atoms. The number of amides is 2. The lowest BCUT2D eigenvalue weighted by Gasteiger charge is -2.35. The van der Waals surface area contributed by atoms with Crippen LogP contribution in [0.3, 0.4) is 0 Å². The van der Waals surface area contributed by atoms with E-state index in [1.54, 1.807) is 32.6 Å². The molecule has 2 N–H and O–H groups in total. The number of alkyl carbamates (subject to hydrolysis) is 1. The molecule has 1 fully saturated rings. The van der Waals surface area contributed by atoms with Gasteiger partial charge in [0.1, 0.15) is 12.2 Å². The number of carbonyl (C=O) groups is 3. The predicted molar refractivity (Wildman–Crippen MR) is 106 cm³/mol. The highest BCUT2D eigenvalue weighted by Crippen LogP contribution is 2.31. The second-order valence-corrected chi connectivity index (χ2v) is 8.59. The molecule has 0 aliphatic carbocycles. The third-order valence-corrected chi connectivity index (χ3v) is 4.86. The Morgan fingerprint density at radius 1 is 1.17 bits per heavy atom. The summed E-state index contributed by atoms with van der Waals surface area (Å²) < 4.78 is 10.6. The Bertz CT molecular complexity index is 730. The molecule has 2 atom stereocenters. The number of rotatable bonds is 6. The van der Waals surface area contributed by atoms with Crippen LogP contribution in [-0.4, -0.2) is 52.4 Å². The molecular formula is C21H30N2O6. The number of likely N-dealkylation sites (tertiary alicyclic amines) is 1. The highest BCUT2D eigenvalue weighted by Gasteiger charge is 2.43. The van der Waals surface area contributed by atoms with Crippen molar-refractivity contribution in [2.24, 2.45) is 5.92 Å². The number of carboxylic acid groups (broad SMARTS) is 1. The van der Waals surface area contributed by atoms with Crippen molar-refractivity contribution in [2.45, 2.75) is 58.3 Å². The number of nitrogens with zero attached hydrogens (tertiary/aromatic N) is 1. The normalized spacial score (nSPS) is 18.6. The van der Waals surface area contributed by atoms with Gasteiger partial charge in [0.15, 0.2) is 0 Å². The first-order valence-electron chi connectivity index (χ1n) is 9.67. The molecule has 0 saturated carbocycles. The molecule has 0 bridgehead atoms. The molecule has 1 aromatic carbocycles. The predicted octanol–water partition coefficient (Wildman–Crippen LogP) is 3.40. The number of aliphatic carboxylic acids is 1. The lowest BCUT2D eigenvalue weighted by molar-refractivity contribution is -0.139. The number of benzene rings is 1. The summed E-state index contributed by atoms with van der Waals surface area (Å²) in [4.78, 5) is 37.6. The number of hydrogen-bond donors (Lipinski definition) is 2. The van der Waals surface area contributed by atoms with Crippen molar-refractivity contribution in [3.05, 3.63) is 35.9 Å². The summed E-state index contributed by atoms with van der Waals surface area (Å²) in [6, 6.07) is 9.21. The first-order chi connectivity index (χ1) is 13.5. The Labute approximate surface area is 171 Å². The molecule has 8 nitrogen and oxygen atoms in total. The minimum absolute atomic E-state index is 0.0878. The summed E-state index contributed by atoms with van der Waals surface area (Å²) in [5.74, 6) is -1.28. The Morgan fingerprint density at radius 3 is 2.41 bits per heavy atom. The summed E-state index contributed by atoms with van der Waals surface area (Å²) in [7, 11) is 0. The Morgan fingerprint density at radius 2 is 1.83 bits per heavy atom. The van der Waals surface area contributed by atoms with Crippen molar-refractivity contribution in [1.82, 2.24) is 10.2 Å². The van der Waals surface area contributed by atoms with Crippen molar-refractivity contribution in [1.29, 1.82) is 0 Å². The van der Waals surface area contributed by atoms with Crippen molar-refractivity contribution < 1.29 is 29.0 Å². The topological polar surface area (TPSA) is 105 Å². The Hall–Kier alpha value is -2.77. The van der Waals surface area contributed by atoms with Gasteiger partial charge >= 0.3 is 18.2 Å². The third kappa shape index (κ3) is 6.96. The van der Waals surface area contributed by atoms with Crippen molar-refractivity contribution in [2.75, 3.05) is 13.1 Å². The molecule has 2 unspecified atom stereocenters. The lowest BCUT2D eigenvalue weighted by Crippen LogP contribution is -2.54. The van der Waals surface area contributed by atoms with Crippen LogP contribution < -0.4 is 5.32 Å². The average Bonchev–Trinajstić information content (AvgIpc) is 3.10. The molecule has 1 aliphatic rings. The maximum atomic E-state index is 12.3. The van der Waals surface area contributed by atoms with Gasteiger partial charge in [-0.3, -0.25) is 4.79 Å². The van der Waals surface area contributed by atoms with Crippen LogP contribution in [0.2, 0.25) is 0 Å². The number of hydrogen-bond acceptors (Lipinski definition) is 5. The summed E-state index contributed by atoms with van der Waals surface area (Å²) in [5, 5.41) is 12.1. The minimum Gasteiger partial charge on any atom is -0.481 e. The fourth-order valence-corrected chi connectivity index (χ4v) is 3.37. The van der Waals surface area contributed by atoms with Gasteiger partial charge in [0, 0.05) is 19.0 Å². The molecule has 2 rings (SSSR count). The summed E-state index contributed by atoms with van der Waals surface area (Å²) >= 11 is 0. The van der Waals surface area contributed by atoms with Gasteiger partial charge in [-0.25, -0.2) is 9.59 Å². The first-order valence-corrected chi connectivity index (χ1v) is 9.67. The first kappa shape index (κ1) is 22.5. The zero-order valence-electron chi connectivity index (χ0n) is 17.4. The number of nitrogens with one attached hydrogen (secondary N) is 1. The van der Waals surface area contributed by atoms with E-state index in [0.29, 0.717) is 19.5 Å². The van der Waals surface area contributed by atoms with Gasteiger partial charge in [0.05, 0.1) is 12.0 Å². The summed E-state index contributed by atoms with van der Waals surface area (Å²) in [6.07, 6.45) is -0.847. The monoisotopic (exact) mass is 406 g/mol. The van der Waals surface area contributed by atoms with Crippen LogP contribution in [0, 0.1) is 5.92 Å². The van der Waals surface area contributed by atoms with Crippen molar-refractivity contribution >= 4 is 18.2 Å². The van der Waals surface area contributed by atoms with Gasteiger partial charge in [-0.05, 0) is 39.7 Å². The quantitative estimate of drug-likeness (QED) is 0.750. The minimum atomic E-state index is -1.06. The maximum absolute atomic E-state index is 12.3. The van der Waals surface area contributed by atoms with E-state index >= 15 is 0 Å². The van der Waals surface area contributed by atoms with Gasteiger partial charge in [0.2, 0.25) is 0 Å². The Balaban J connectivity index is 2.00. The molecular weight excluding hydrogens is 376 g/mol. The molecule has 160 valence electrons. The van der Waals surface area contributed by atoms with E-state index in [1.165, 1.54) is 0 Å². The molecule has 2 amide bonds. The van der Waals surface area contributed by atoms with E-state index in [2.05, 4.69) is 5.32 Å². The van der Waals surface area contributed by atoms with Crippen molar-refractivity contribution in [3.8, 4) is 0 Å². The largest absolute Gasteiger partial charge is 0.481 e. The van der Waals surface area contributed by atoms with Crippen LogP contribution >= 0.6 is 0 Å². The molecule has 1 saturated heterocycles. The molecule has 8 heteroatoms. The molecule has 1 heterocycles. The third-order valence-electron chi connectivity index (χ3n) is 4.86. The van der Waals surface area contributed by atoms with E-state index in [-0.39, 0.29) is 18.9 Å².